The van der Waals surface area contributed by atoms with Crippen LogP contribution in [0.1, 0.15) is 36.8 Å². The lowest BCUT2D eigenvalue weighted by atomic mass is 9.93. The van der Waals surface area contributed by atoms with Crippen LogP contribution in [0.4, 0.5) is 0 Å². The fourth-order valence-corrected chi connectivity index (χ4v) is 1.68. The van der Waals surface area contributed by atoms with Gasteiger partial charge in [0.15, 0.2) is 0 Å². The van der Waals surface area contributed by atoms with Crippen molar-refractivity contribution in [1.82, 2.24) is 14.4 Å². The van der Waals surface area contributed by atoms with E-state index in [-0.39, 0.29) is 11.0 Å². The summed E-state index contributed by atoms with van der Waals surface area (Å²) in [7, 11) is 0. The number of rotatable bonds is 1. The van der Waals surface area contributed by atoms with Gasteiger partial charge in [-0.15, -0.1) is 0 Å². The molecule has 0 aliphatic heterocycles. The third kappa shape index (κ3) is 1.71. The van der Waals surface area contributed by atoms with Gasteiger partial charge in [-0.25, -0.2) is 14.2 Å². The Morgan fingerprint density at radius 1 is 1.47 bits per heavy atom. The van der Waals surface area contributed by atoms with Gasteiger partial charge in [-0.3, -0.25) is 4.79 Å². The Balaban J connectivity index is 2.88. The van der Waals surface area contributed by atoms with Crippen LogP contribution in [0.15, 0.2) is 17.2 Å². The Kier molecular flexibility index (Phi) is 2.30. The molecule has 0 radical (unpaired) electrons. The standard InChI is InChI=1S/C11H13N3O3/c1-11(2,3)7-5-13-10-12-4-6(9(16)17)8(15)14(7)10/h4-5H,1-3H3,(H,12,13)(H,16,17). The van der Waals surface area contributed by atoms with Gasteiger partial charge < -0.3 is 10.1 Å². The molecule has 17 heavy (non-hydrogen) atoms. The van der Waals surface area contributed by atoms with Gasteiger partial charge in [0.1, 0.15) is 5.56 Å². The molecular formula is C11H13N3O3. The first-order chi connectivity index (χ1) is 7.82. The van der Waals surface area contributed by atoms with Crippen molar-refractivity contribution in [2.75, 3.05) is 0 Å². The Morgan fingerprint density at radius 2 is 2.12 bits per heavy atom. The monoisotopic (exact) mass is 235 g/mol. The normalized spacial score (nSPS) is 11.9. The molecule has 90 valence electrons. The predicted octanol–water partition coefficient (Wildman–Crippen LogP) is 1.02. The van der Waals surface area contributed by atoms with E-state index >= 15 is 0 Å². The molecular weight excluding hydrogens is 222 g/mol. The maximum atomic E-state index is 12.0. The van der Waals surface area contributed by atoms with Crippen LogP contribution < -0.4 is 5.56 Å². The summed E-state index contributed by atoms with van der Waals surface area (Å²) in [5.74, 6) is -0.914. The van der Waals surface area contributed by atoms with Crippen molar-refractivity contribution in [3.05, 3.63) is 34.0 Å². The first-order valence-electron chi connectivity index (χ1n) is 5.15. The summed E-state index contributed by atoms with van der Waals surface area (Å²) in [6.07, 6.45) is 2.75. The maximum absolute atomic E-state index is 12.0. The second-order valence-corrected chi connectivity index (χ2v) is 4.87. The summed E-state index contributed by atoms with van der Waals surface area (Å²) in [6.45, 7) is 5.82. The van der Waals surface area contributed by atoms with Crippen LogP contribution in [-0.4, -0.2) is 25.4 Å². The molecule has 2 rings (SSSR count). The van der Waals surface area contributed by atoms with Gasteiger partial charge in [0.25, 0.3) is 5.56 Å². The zero-order valence-electron chi connectivity index (χ0n) is 9.81. The minimum absolute atomic E-state index is 0.277. The highest BCUT2D eigenvalue weighted by Gasteiger charge is 2.22. The molecule has 0 aliphatic carbocycles. The minimum atomic E-state index is -1.27. The average Bonchev–Trinajstić information content (AvgIpc) is 2.61. The SMILES string of the molecule is CC(C)(C)c1c[nH]c2ncc(C(=O)O)c(=O)n12. The fourth-order valence-electron chi connectivity index (χ4n) is 1.68. The largest absolute Gasteiger partial charge is 0.477 e. The van der Waals surface area contributed by atoms with E-state index in [4.69, 9.17) is 5.11 Å². The van der Waals surface area contributed by atoms with E-state index in [1.807, 2.05) is 20.8 Å². The van der Waals surface area contributed by atoms with Crippen molar-refractivity contribution in [1.29, 1.82) is 0 Å². The number of aromatic amines is 1. The lowest BCUT2D eigenvalue weighted by Crippen LogP contribution is -2.27. The molecule has 2 heterocycles. The van der Waals surface area contributed by atoms with Crippen LogP contribution >= 0.6 is 0 Å². The molecule has 0 atom stereocenters. The third-order valence-electron chi connectivity index (χ3n) is 2.54. The number of H-pyrrole nitrogens is 1. The van der Waals surface area contributed by atoms with Gasteiger partial charge in [0, 0.05) is 11.6 Å². The summed E-state index contributed by atoms with van der Waals surface area (Å²) < 4.78 is 1.31. The molecule has 0 fully saturated rings. The lowest BCUT2D eigenvalue weighted by molar-refractivity contribution is 0.0694. The van der Waals surface area contributed by atoms with Crippen LogP contribution in [0.2, 0.25) is 0 Å². The molecule has 0 bridgehead atoms. The van der Waals surface area contributed by atoms with E-state index in [9.17, 15) is 9.59 Å². The molecule has 2 N–H and O–H groups in total. The van der Waals surface area contributed by atoms with Gasteiger partial charge >= 0.3 is 5.97 Å². The van der Waals surface area contributed by atoms with Crippen molar-refractivity contribution in [2.45, 2.75) is 26.2 Å². The molecule has 2 aromatic rings. The first kappa shape index (κ1) is 11.4. The van der Waals surface area contributed by atoms with Gasteiger partial charge in [-0.05, 0) is 0 Å². The molecule has 0 aromatic carbocycles. The van der Waals surface area contributed by atoms with E-state index in [2.05, 4.69) is 9.97 Å². The van der Waals surface area contributed by atoms with E-state index < -0.39 is 11.5 Å². The molecule has 6 nitrogen and oxygen atoms in total. The second-order valence-electron chi connectivity index (χ2n) is 4.87. The second kappa shape index (κ2) is 3.44. The highest BCUT2D eigenvalue weighted by atomic mass is 16.4. The van der Waals surface area contributed by atoms with E-state index in [0.29, 0.717) is 11.5 Å². The highest BCUT2D eigenvalue weighted by Crippen LogP contribution is 2.21. The number of hydrogen-bond donors (Lipinski definition) is 2. The molecule has 2 aromatic heterocycles. The summed E-state index contributed by atoms with van der Waals surface area (Å²) in [5.41, 5.74) is -0.463. The molecule has 0 saturated heterocycles. The number of nitrogens with one attached hydrogen (secondary N) is 1. The number of aromatic carboxylic acids is 1. The van der Waals surface area contributed by atoms with E-state index in [1.165, 1.54) is 4.40 Å². The zero-order valence-corrected chi connectivity index (χ0v) is 9.81. The number of carboxylic acids is 1. The van der Waals surface area contributed by atoms with Gasteiger partial charge in [-0.1, -0.05) is 20.8 Å². The first-order valence-corrected chi connectivity index (χ1v) is 5.15. The summed E-state index contributed by atoms with van der Waals surface area (Å²) in [4.78, 5) is 29.7. The lowest BCUT2D eigenvalue weighted by Gasteiger charge is -2.17. The number of fused-ring (bicyclic) bond motifs is 1. The number of hydrogen-bond acceptors (Lipinski definition) is 3. The van der Waals surface area contributed by atoms with Crippen LogP contribution in [0.25, 0.3) is 5.78 Å². The zero-order chi connectivity index (χ0) is 12.8. The van der Waals surface area contributed by atoms with Crippen LogP contribution in [0, 0.1) is 0 Å². The van der Waals surface area contributed by atoms with Gasteiger partial charge in [0.2, 0.25) is 5.78 Å². The van der Waals surface area contributed by atoms with Crippen molar-refractivity contribution < 1.29 is 9.90 Å². The molecule has 0 saturated carbocycles. The number of imidazole rings is 1. The molecule has 0 aliphatic rings. The average molecular weight is 235 g/mol. The smallest absolute Gasteiger partial charge is 0.342 e. The number of carbonyl (C=O) groups is 1. The quantitative estimate of drug-likeness (QED) is 0.772. The maximum Gasteiger partial charge on any atom is 0.342 e. The van der Waals surface area contributed by atoms with Crippen LogP contribution in [0.5, 0.6) is 0 Å². The number of aromatic nitrogens is 3. The third-order valence-corrected chi connectivity index (χ3v) is 2.54. The number of carboxylic acid groups (broad SMARTS) is 1. The molecule has 0 spiro atoms. The molecule has 6 heteroatoms. The van der Waals surface area contributed by atoms with E-state index in [0.717, 1.165) is 6.20 Å². The van der Waals surface area contributed by atoms with E-state index in [1.54, 1.807) is 6.20 Å². The van der Waals surface area contributed by atoms with Crippen molar-refractivity contribution in [3.8, 4) is 0 Å². The summed E-state index contributed by atoms with van der Waals surface area (Å²) in [5, 5.41) is 8.89. The Bertz CT molecular complexity index is 646. The Labute approximate surface area is 96.9 Å². The minimum Gasteiger partial charge on any atom is -0.477 e. The van der Waals surface area contributed by atoms with Crippen molar-refractivity contribution >= 4 is 11.7 Å². The Morgan fingerprint density at radius 3 is 2.65 bits per heavy atom. The topological polar surface area (TPSA) is 87.5 Å². The van der Waals surface area contributed by atoms with Crippen molar-refractivity contribution in [2.24, 2.45) is 0 Å². The summed E-state index contributed by atoms with van der Waals surface area (Å²) in [6, 6.07) is 0. The van der Waals surface area contributed by atoms with Crippen LogP contribution in [0.3, 0.4) is 0 Å². The summed E-state index contributed by atoms with van der Waals surface area (Å²) >= 11 is 0. The fraction of sp³-hybridized carbons (Fsp3) is 0.364. The predicted molar refractivity (Wildman–Crippen MR) is 61.5 cm³/mol. The molecule has 0 unspecified atom stereocenters. The van der Waals surface area contributed by atoms with Crippen molar-refractivity contribution in [3.63, 3.8) is 0 Å². The molecule has 0 amide bonds. The van der Waals surface area contributed by atoms with Gasteiger partial charge in [0.05, 0.1) is 11.9 Å². The van der Waals surface area contributed by atoms with Crippen LogP contribution in [-0.2, 0) is 5.41 Å². The Hall–Kier alpha value is -2.11. The van der Waals surface area contributed by atoms with Gasteiger partial charge in [-0.2, -0.15) is 0 Å². The number of nitrogens with zero attached hydrogens (tertiary/aromatic N) is 2. The highest BCUT2D eigenvalue weighted by molar-refractivity contribution is 5.86.